The lowest BCUT2D eigenvalue weighted by Crippen LogP contribution is -2.40. The van der Waals surface area contributed by atoms with Crippen molar-refractivity contribution in [2.45, 2.75) is 18.9 Å². The fourth-order valence-electron chi connectivity index (χ4n) is 1.80. The van der Waals surface area contributed by atoms with Crippen molar-refractivity contribution in [3.8, 4) is 0 Å². The van der Waals surface area contributed by atoms with Crippen molar-refractivity contribution in [2.24, 2.45) is 10.9 Å². The minimum atomic E-state index is 0.265. The molecule has 0 radical (unpaired) electrons. The first-order chi connectivity index (χ1) is 7.77. The Bertz CT molecular complexity index is 217. The van der Waals surface area contributed by atoms with Gasteiger partial charge in [-0.25, -0.2) is 0 Å². The molecule has 1 saturated heterocycles. The third kappa shape index (κ3) is 4.34. The molecule has 1 unspecified atom stereocenters. The highest BCUT2D eigenvalue weighted by Gasteiger charge is 2.22. The summed E-state index contributed by atoms with van der Waals surface area (Å²) in [7, 11) is 1.69. The van der Waals surface area contributed by atoms with Crippen LogP contribution in [-0.2, 0) is 9.47 Å². The van der Waals surface area contributed by atoms with Crippen LogP contribution in [0, 0.1) is 0 Å². The number of amidine groups is 1. The van der Waals surface area contributed by atoms with Gasteiger partial charge >= 0.3 is 0 Å². The minimum Gasteiger partial charge on any atom is -0.409 e. The van der Waals surface area contributed by atoms with E-state index < -0.39 is 0 Å². The highest BCUT2D eigenvalue weighted by molar-refractivity contribution is 5.79. The van der Waals surface area contributed by atoms with E-state index in [0.29, 0.717) is 19.1 Å². The van der Waals surface area contributed by atoms with Crippen molar-refractivity contribution >= 4 is 5.84 Å². The van der Waals surface area contributed by atoms with E-state index in [9.17, 15) is 0 Å². The summed E-state index contributed by atoms with van der Waals surface area (Å²) in [5.41, 5.74) is 5.46. The first-order valence-corrected chi connectivity index (χ1v) is 5.55. The summed E-state index contributed by atoms with van der Waals surface area (Å²) < 4.78 is 10.4. The predicted molar refractivity (Wildman–Crippen MR) is 60.7 cm³/mol. The average Bonchev–Trinajstić information content (AvgIpc) is 2.82. The van der Waals surface area contributed by atoms with Crippen LogP contribution in [0.4, 0.5) is 0 Å². The molecule has 6 nitrogen and oxygen atoms in total. The van der Waals surface area contributed by atoms with Crippen LogP contribution in [0.3, 0.4) is 0 Å². The molecule has 1 atom stereocenters. The van der Waals surface area contributed by atoms with E-state index in [4.69, 9.17) is 20.4 Å². The maximum absolute atomic E-state index is 8.48. The van der Waals surface area contributed by atoms with Crippen molar-refractivity contribution < 1.29 is 14.7 Å². The Labute approximate surface area is 96.0 Å². The Morgan fingerprint density at radius 2 is 2.44 bits per heavy atom. The molecule has 1 aliphatic heterocycles. The molecule has 0 aliphatic carbocycles. The van der Waals surface area contributed by atoms with E-state index >= 15 is 0 Å². The van der Waals surface area contributed by atoms with Crippen LogP contribution in [-0.4, -0.2) is 62.0 Å². The van der Waals surface area contributed by atoms with Gasteiger partial charge in [0.15, 0.2) is 0 Å². The van der Waals surface area contributed by atoms with Crippen LogP contribution in [0.15, 0.2) is 5.16 Å². The lowest BCUT2D eigenvalue weighted by atomic mass is 10.2. The first-order valence-electron chi connectivity index (χ1n) is 5.55. The Morgan fingerprint density at radius 3 is 3.00 bits per heavy atom. The van der Waals surface area contributed by atoms with E-state index in [0.717, 1.165) is 32.7 Å². The number of ether oxygens (including phenoxy) is 2. The molecule has 3 N–H and O–H groups in total. The Kier molecular flexibility index (Phi) is 6.14. The molecule has 94 valence electrons. The lowest BCUT2D eigenvalue weighted by Gasteiger charge is -2.27. The summed E-state index contributed by atoms with van der Waals surface area (Å²) in [6.45, 7) is 3.89. The van der Waals surface area contributed by atoms with Gasteiger partial charge in [-0.2, -0.15) is 0 Å². The first kappa shape index (κ1) is 13.2. The predicted octanol–water partition coefficient (Wildman–Crippen LogP) is -0.140. The monoisotopic (exact) mass is 231 g/mol. The zero-order valence-electron chi connectivity index (χ0n) is 9.76. The van der Waals surface area contributed by atoms with Gasteiger partial charge in [0, 0.05) is 39.3 Å². The highest BCUT2D eigenvalue weighted by atomic mass is 16.5. The maximum Gasteiger partial charge on any atom is 0.140 e. The smallest absolute Gasteiger partial charge is 0.140 e. The van der Waals surface area contributed by atoms with Gasteiger partial charge in [0.25, 0.3) is 0 Å². The number of nitrogens with zero attached hydrogens (tertiary/aromatic N) is 2. The molecular weight excluding hydrogens is 210 g/mol. The molecule has 0 aromatic heterocycles. The van der Waals surface area contributed by atoms with Gasteiger partial charge < -0.3 is 20.4 Å². The molecule has 0 saturated carbocycles. The van der Waals surface area contributed by atoms with Crippen LogP contribution in [0.25, 0.3) is 0 Å². The molecule has 6 heteroatoms. The minimum absolute atomic E-state index is 0.265. The summed E-state index contributed by atoms with van der Waals surface area (Å²) in [5.74, 6) is 0.265. The zero-order valence-corrected chi connectivity index (χ0v) is 9.76. The second-order valence-electron chi connectivity index (χ2n) is 3.89. The Balaban J connectivity index is 2.36. The van der Waals surface area contributed by atoms with Crippen molar-refractivity contribution in [3.05, 3.63) is 0 Å². The topological polar surface area (TPSA) is 80.3 Å². The number of oxime groups is 1. The fraction of sp³-hybridized carbons (Fsp3) is 0.900. The van der Waals surface area contributed by atoms with Crippen molar-refractivity contribution in [1.29, 1.82) is 0 Å². The quantitative estimate of drug-likeness (QED) is 0.276. The van der Waals surface area contributed by atoms with Gasteiger partial charge in [-0.05, 0) is 6.42 Å². The number of nitrogens with two attached hydrogens (primary N) is 1. The van der Waals surface area contributed by atoms with E-state index in [1.54, 1.807) is 7.11 Å². The summed E-state index contributed by atoms with van der Waals surface area (Å²) in [5, 5.41) is 11.5. The second-order valence-corrected chi connectivity index (χ2v) is 3.89. The summed E-state index contributed by atoms with van der Waals surface area (Å²) in [6, 6.07) is 0.432. The fourth-order valence-corrected chi connectivity index (χ4v) is 1.80. The van der Waals surface area contributed by atoms with Gasteiger partial charge in [0.2, 0.25) is 0 Å². The van der Waals surface area contributed by atoms with Crippen LogP contribution >= 0.6 is 0 Å². The summed E-state index contributed by atoms with van der Waals surface area (Å²) in [4.78, 5) is 2.27. The molecule has 0 bridgehead atoms. The highest BCUT2D eigenvalue weighted by Crippen LogP contribution is 2.12. The summed E-state index contributed by atoms with van der Waals surface area (Å²) >= 11 is 0. The molecule has 1 rings (SSSR count). The molecule has 1 heterocycles. The van der Waals surface area contributed by atoms with Crippen LogP contribution in [0.1, 0.15) is 12.8 Å². The molecule has 1 fully saturated rings. The normalized spacial score (nSPS) is 21.9. The Morgan fingerprint density at radius 1 is 1.62 bits per heavy atom. The number of hydrogen-bond acceptors (Lipinski definition) is 5. The van der Waals surface area contributed by atoms with Crippen LogP contribution in [0.5, 0.6) is 0 Å². The Hall–Kier alpha value is -0.850. The zero-order chi connectivity index (χ0) is 11.8. The molecule has 0 amide bonds. The van der Waals surface area contributed by atoms with Crippen LogP contribution in [0.2, 0.25) is 0 Å². The number of rotatable bonds is 7. The van der Waals surface area contributed by atoms with E-state index in [2.05, 4.69) is 10.1 Å². The molecule has 0 aromatic carbocycles. The SMILES string of the molecule is COCCN(CCC(N)=NO)C1CCOC1. The standard InChI is InChI=1S/C10H21N3O3/c1-15-7-5-13(4-2-10(11)12-14)9-3-6-16-8-9/h9,14H,2-8H2,1H3,(H2,11,12). The number of hydrogen-bond donors (Lipinski definition) is 2. The summed E-state index contributed by atoms with van der Waals surface area (Å²) in [6.07, 6.45) is 1.61. The van der Waals surface area contributed by atoms with Crippen molar-refractivity contribution in [3.63, 3.8) is 0 Å². The van der Waals surface area contributed by atoms with E-state index in [1.807, 2.05) is 0 Å². The molecule has 1 aliphatic rings. The second kappa shape index (κ2) is 7.43. The molecule has 16 heavy (non-hydrogen) atoms. The van der Waals surface area contributed by atoms with Gasteiger partial charge in [0.1, 0.15) is 5.84 Å². The maximum atomic E-state index is 8.48. The third-order valence-corrected chi connectivity index (χ3v) is 2.79. The van der Waals surface area contributed by atoms with Gasteiger partial charge in [-0.1, -0.05) is 5.16 Å². The third-order valence-electron chi connectivity index (χ3n) is 2.79. The largest absolute Gasteiger partial charge is 0.409 e. The van der Waals surface area contributed by atoms with E-state index in [-0.39, 0.29) is 5.84 Å². The van der Waals surface area contributed by atoms with Crippen molar-refractivity contribution in [1.82, 2.24) is 4.90 Å². The molecule has 0 spiro atoms. The van der Waals surface area contributed by atoms with E-state index in [1.165, 1.54) is 0 Å². The van der Waals surface area contributed by atoms with Gasteiger partial charge in [-0.15, -0.1) is 0 Å². The van der Waals surface area contributed by atoms with Crippen LogP contribution < -0.4 is 5.73 Å². The average molecular weight is 231 g/mol. The van der Waals surface area contributed by atoms with Gasteiger partial charge in [0.05, 0.1) is 13.2 Å². The molecule has 0 aromatic rings. The van der Waals surface area contributed by atoms with Gasteiger partial charge in [-0.3, -0.25) is 4.90 Å². The van der Waals surface area contributed by atoms with Crippen molar-refractivity contribution in [2.75, 3.05) is 40.0 Å². The lowest BCUT2D eigenvalue weighted by molar-refractivity contribution is 0.107. The molecular formula is C10H21N3O3. The number of methoxy groups -OCH3 is 1.